The lowest BCUT2D eigenvalue weighted by Crippen LogP contribution is -2.13. The van der Waals surface area contributed by atoms with Gasteiger partial charge in [0.25, 0.3) is 5.91 Å². The Labute approximate surface area is 136 Å². The zero-order valence-corrected chi connectivity index (χ0v) is 12.7. The number of carbonyl (C=O) groups is 1. The summed E-state index contributed by atoms with van der Waals surface area (Å²) < 4.78 is 23.5. The smallest absolute Gasteiger partial charge is 0.250 e. The Hall–Kier alpha value is -3.29. The molecule has 0 aliphatic carbocycles. The quantitative estimate of drug-likeness (QED) is 0.770. The number of rotatable bonds is 5. The summed E-state index contributed by atoms with van der Waals surface area (Å²) in [6, 6.07) is 5.89. The van der Waals surface area contributed by atoms with E-state index < -0.39 is 11.7 Å². The fourth-order valence-electron chi connectivity index (χ4n) is 2.12. The number of aryl methyl sites for hydroxylation is 1. The van der Waals surface area contributed by atoms with E-state index in [0.29, 0.717) is 34.1 Å². The highest BCUT2D eigenvalue weighted by molar-refractivity contribution is 5.93. The molecule has 3 aromatic heterocycles. The number of ether oxygens (including phenoxy) is 1. The number of aromatic nitrogens is 3. The van der Waals surface area contributed by atoms with Crippen molar-refractivity contribution < 1.29 is 18.4 Å². The van der Waals surface area contributed by atoms with Crippen LogP contribution in [0.5, 0.6) is 5.88 Å². The second kappa shape index (κ2) is 6.45. The average molecular weight is 328 g/mol. The van der Waals surface area contributed by atoms with E-state index in [4.69, 9.17) is 15.0 Å². The molecule has 1 amide bonds. The van der Waals surface area contributed by atoms with E-state index in [0.717, 1.165) is 6.20 Å². The Kier molecular flexibility index (Phi) is 4.19. The van der Waals surface area contributed by atoms with E-state index in [1.54, 1.807) is 19.1 Å². The van der Waals surface area contributed by atoms with E-state index in [1.807, 2.05) is 0 Å². The largest absolute Gasteiger partial charge is 0.473 e. The number of primary amides is 1. The van der Waals surface area contributed by atoms with Crippen LogP contribution in [0.15, 0.2) is 41.2 Å². The predicted molar refractivity (Wildman–Crippen MR) is 81.5 cm³/mol. The lowest BCUT2D eigenvalue weighted by atomic mass is 10.2. The van der Waals surface area contributed by atoms with E-state index in [1.165, 1.54) is 18.4 Å². The third-order valence-electron chi connectivity index (χ3n) is 3.31. The SMILES string of the molecule is Cc1nc(OCc2conc2-c2ccc(F)cn2)ccc1C(N)=O. The van der Waals surface area contributed by atoms with Crippen LogP contribution in [0.3, 0.4) is 0 Å². The molecule has 122 valence electrons. The number of nitrogens with two attached hydrogens (primary N) is 1. The van der Waals surface area contributed by atoms with Gasteiger partial charge in [-0.2, -0.15) is 0 Å². The molecule has 0 fully saturated rings. The maximum Gasteiger partial charge on any atom is 0.250 e. The van der Waals surface area contributed by atoms with Crippen molar-refractivity contribution in [3.8, 4) is 17.3 Å². The summed E-state index contributed by atoms with van der Waals surface area (Å²) >= 11 is 0. The second-order valence-electron chi connectivity index (χ2n) is 4.99. The fourth-order valence-corrected chi connectivity index (χ4v) is 2.12. The van der Waals surface area contributed by atoms with Crippen molar-refractivity contribution in [1.82, 2.24) is 15.1 Å². The summed E-state index contributed by atoms with van der Waals surface area (Å²) in [5, 5.41) is 3.86. The van der Waals surface area contributed by atoms with E-state index in [2.05, 4.69) is 15.1 Å². The fraction of sp³-hybridized carbons (Fsp3) is 0.125. The van der Waals surface area contributed by atoms with Crippen molar-refractivity contribution in [3.05, 3.63) is 59.4 Å². The van der Waals surface area contributed by atoms with Crippen molar-refractivity contribution in [2.45, 2.75) is 13.5 Å². The molecule has 0 aliphatic rings. The van der Waals surface area contributed by atoms with Crippen LogP contribution in [0, 0.1) is 12.7 Å². The number of carbonyl (C=O) groups excluding carboxylic acids is 1. The van der Waals surface area contributed by atoms with Crippen LogP contribution in [-0.4, -0.2) is 21.0 Å². The number of hydrogen-bond acceptors (Lipinski definition) is 6. The Morgan fingerprint density at radius 1 is 1.33 bits per heavy atom. The third-order valence-corrected chi connectivity index (χ3v) is 3.31. The first-order valence-corrected chi connectivity index (χ1v) is 7.00. The van der Waals surface area contributed by atoms with Gasteiger partial charge in [0.15, 0.2) is 0 Å². The highest BCUT2D eigenvalue weighted by Gasteiger charge is 2.13. The minimum atomic E-state index is -0.546. The molecule has 0 unspecified atom stereocenters. The van der Waals surface area contributed by atoms with Gasteiger partial charge in [0.05, 0.1) is 28.7 Å². The molecule has 8 heteroatoms. The molecule has 2 N–H and O–H groups in total. The lowest BCUT2D eigenvalue weighted by Gasteiger charge is -2.07. The molecule has 0 radical (unpaired) electrons. The molecule has 7 nitrogen and oxygen atoms in total. The van der Waals surface area contributed by atoms with Gasteiger partial charge in [0.1, 0.15) is 24.4 Å². The van der Waals surface area contributed by atoms with E-state index in [-0.39, 0.29) is 6.61 Å². The Morgan fingerprint density at radius 2 is 2.17 bits per heavy atom. The topological polar surface area (TPSA) is 104 Å². The first-order chi connectivity index (χ1) is 11.5. The molecule has 0 bridgehead atoms. The molecule has 0 saturated heterocycles. The molecule has 0 aromatic carbocycles. The molecule has 24 heavy (non-hydrogen) atoms. The Bertz CT molecular complexity index is 877. The van der Waals surface area contributed by atoms with Gasteiger partial charge in [-0.05, 0) is 25.1 Å². The van der Waals surface area contributed by atoms with E-state index in [9.17, 15) is 9.18 Å². The van der Waals surface area contributed by atoms with Crippen LogP contribution in [0.4, 0.5) is 4.39 Å². The normalized spacial score (nSPS) is 10.6. The third kappa shape index (κ3) is 3.22. The minimum Gasteiger partial charge on any atom is -0.473 e. The molecule has 3 rings (SSSR count). The molecular weight excluding hydrogens is 315 g/mol. The molecule has 0 atom stereocenters. The van der Waals surface area contributed by atoms with Gasteiger partial charge in [-0.25, -0.2) is 9.37 Å². The Morgan fingerprint density at radius 3 is 2.83 bits per heavy atom. The van der Waals surface area contributed by atoms with E-state index >= 15 is 0 Å². The van der Waals surface area contributed by atoms with Crippen molar-refractivity contribution in [2.24, 2.45) is 5.73 Å². The number of nitrogens with zero attached hydrogens (tertiary/aromatic N) is 3. The van der Waals surface area contributed by atoms with Gasteiger partial charge >= 0.3 is 0 Å². The molecule has 0 spiro atoms. The number of halogens is 1. The molecular formula is C16H13FN4O3. The minimum absolute atomic E-state index is 0.125. The number of hydrogen-bond donors (Lipinski definition) is 1. The Balaban J connectivity index is 1.76. The van der Waals surface area contributed by atoms with Crippen molar-refractivity contribution in [1.29, 1.82) is 0 Å². The van der Waals surface area contributed by atoms with Crippen molar-refractivity contribution in [3.63, 3.8) is 0 Å². The van der Waals surface area contributed by atoms with Gasteiger partial charge in [0, 0.05) is 6.07 Å². The standard InChI is InChI=1S/C16H13FN4O3/c1-9-12(16(18)22)3-5-14(20-9)23-7-10-8-24-21-15(10)13-4-2-11(17)6-19-13/h2-6,8H,7H2,1H3,(H2,18,22). The van der Waals surface area contributed by atoms with Gasteiger partial charge in [-0.15, -0.1) is 0 Å². The van der Waals surface area contributed by atoms with Crippen molar-refractivity contribution >= 4 is 5.91 Å². The maximum absolute atomic E-state index is 13.0. The zero-order chi connectivity index (χ0) is 17.1. The highest BCUT2D eigenvalue weighted by Crippen LogP contribution is 2.22. The predicted octanol–water partition coefficient (Wildman–Crippen LogP) is 2.26. The van der Waals surface area contributed by atoms with Gasteiger partial charge in [-0.3, -0.25) is 9.78 Å². The summed E-state index contributed by atoms with van der Waals surface area (Å²) in [4.78, 5) is 19.3. The monoisotopic (exact) mass is 328 g/mol. The average Bonchev–Trinajstić information content (AvgIpc) is 3.02. The first kappa shape index (κ1) is 15.6. The van der Waals surface area contributed by atoms with Crippen molar-refractivity contribution in [2.75, 3.05) is 0 Å². The summed E-state index contributed by atoms with van der Waals surface area (Å²) in [5.74, 6) is -0.652. The highest BCUT2D eigenvalue weighted by atomic mass is 19.1. The molecule has 3 aromatic rings. The number of pyridine rings is 2. The summed E-state index contributed by atoms with van der Waals surface area (Å²) in [7, 11) is 0. The maximum atomic E-state index is 13.0. The molecule has 3 heterocycles. The first-order valence-electron chi connectivity index (χ1n) is 7.00. The van der Waals surface area contributed by atoms with Crippen LogP contribution < -0.4 is 10.5 Å². The van der Waals surface area contributed by atoms with Crippen LogP contribution in [-0.2, 0) is 6.61 Å². The van der Waals surface area contributed by atoms with Crippen LogP contribution >= 0.6 is 0 Å². The summed E-state index contributed by atoms with van der Waals surface area (Å²) in [6.07, 6.45) is 2.52. The van der Waals surface area contributed by atoms with Crippen LogP contribution in [0.25, 0.3) is 11.4 Å². The second-order valence-corrected chi connectivity index (χ2v) is 4.99. The molecule has 0 saturated carbocycles. The summed E-state index contributed by atoms with van der Waals surface area (Å²) in [6.45, 7) is 1.79. The van der Waals surface area contributed by atoms with Gasteiger partial charge in [0.2, 0.25) is 5.88 Å². The van der Waals surface area contributed by atoms with Gasteiger partial charge < -0.3 is 15.0 Å². The van der Waals surface area contributed by atoms with Gasteiger partial charge in [-0.1, -0.05) is 5.16 Å². The summed E-state index contributed by atoms with van der Waals surface area (Å²) in [5.41, 5.74) is 7.61. The lowest BCUT2D eigenvalue weighted by molar-refractivity contribution is 0.0999. The number of amides is 1. The molecule has 0 aliphatic heterocycles. The zero-order valence-electron chi connectivity index (χ0n) is 12.7. The van der Waals surface area contributed by atoms with Crippen LogP contribution in [0.2, 0.25) is 0 Å². The van der Waals surface area contributed by atoms with Crippen LogP contribution in [0.1, 0.15) is 21.6 Å².